The monoisotopic (exact) mass is 305 g/mol. The normalized spacial score (nSPS) is 10.9. The van der Waals surface area contributed by atoms with E-state index < -0.39 is 0 Å². The fraction of sp³-hybridized carbons (Fsp3) is 0.375. The van der Waals surface area contributed by atoms with Crippen LogP contribution in [0.5, 0.6) is 0 Å². The highest BCUT2D eigenvalue weighted by Crippen LogP contribution is 2.23. The summed E-state index contributed by atoms with van der Waals surface area (Å²) >= 11 is 6.34. The Labute approximate surface area is 130 Å². The number of aryl methyl sites for hydroxylation is 1. The summed E-state index contributed by atoms with van der Waals surface area (Å²) < 4.78 is 1.59. The minimum absolute atomic E-state index is 0.166. The molecule has 1 aromatic heterocycles. The lowest BCUT2D eigenvalue weighted by atomic mass is 10.1. The van der Waals surface area contributed by atoms with Gasteiger partial charge in [-0.15, -0.1) is 0 Å². The maximum absolute atomic E-state index is 12.3. The van der Waals surface area contributed by atoms with E-state index in [1.165, 1.54) is 0 Å². The number of nitrogens with zero attached hydrogens (tertiary/aromatic N) is 2. The summed E-state index contributed by atoms with van der Waals surface area (Å²) in [5.74, 6) is 0.384. The zero-order valence-electron chi connectivity index (χ0n) is 12.6. The molecule has 2 aromatic rings. The summed E-state index contributed by atoms with van der Waals surface area (Å²) in [6, 6.07) is 9.54. The maximum Gasteiger partial charge on any atom is 0.256 e. The first-order chi connectivity index (χ1) is 10.0. The zero-order valence-corrected chi connectivity index (χ0v) is 13.3. The van der Waals surface area contributed by atoms with Gasteiger partial charge in [0.05, 0.1) is 16.9 Å². The van der Waals surface area contributed by atoms with Gasteiger partial charge in [-0.25, -0.2) is 4.68 Å². The van der Waals surface area contributed by atoms with Gasteiger partial charge >= 0.3 is 0 Å². The van der Waals surface area contributed by atoms with Crippen LogP contribution < -0.4 is 5.32 Å². The Bertz CT molecular complexity index is 620. The maximum atomic E-state index is 12.3. The van der Waals surface area contributed by atoms with Gasteiger partial charge in [0.2, 0.25) is 0 Å². The van der Waals surface area contributed by atoms with Gasteiger partial charge < -0.3 is 5.32 Å². The van der Waals surface area contributed by atoms with Gasteiger partial charge in [-0.2, -0.15) is 5.10 Å². The standard InChI is InChI=1S/C16H20ClN3O/c1-11(2)9-10-18-16(21)14-12(3)19-20(15(14)17)13-7-5-4-6-8-13/h4-8,11H,9-10H2,1-3H3,(H,18,21). The van der Waals surface area contributed by atoms with Crippen LogP contribution in [0.3, 0.4) is 0 Å². The van der Waals surface area contributed by atoms with Crippen molar-refractivity contribution in [3.05, 3.63) is 46.7 Å². The first-order valence-corrected chi connectivity index (χ1v) is 7.47. The molecule has 1 N–H and O–H groups in total. The zero-order chi connectivity index (χ0) is 15.4. The van der Waals surface area contributed by atoms with Gasteiger partial charge in [-0.05, 0) is 31.4 Å². The van der Waals surface area contributed by atoms with Crippen LogP contribution in [0.4, 0.5) is 0 Å². The van der Waals surface area contributed by atoms with Crippen molar-refractivity contribution in [1.82, 2.24) is 15.1 Å². The predicted molar refractivity (Wildman–Crippen MR) is 85.1 cm³/mol. The molecule has 0 bridgehead atoms. The second-order valence-electron chi connectivity index (χ2n) is 5.44. The molecule has 0 radical (unpaired) electrons. The molecule has 0 aliphatic rings. The van der Waals surface area contributed by atoms with Crippen molar-refractivity contribution in [3.8, 4) is 5.69 Å². The van der Waals surface area contributed by atoms with E-state index in [9.17, 15) is 4.79 Å². The lowest BCUT2D eigenvalue weighted by Crippen LogP contribution is -2.25. The Morgan fingerprint density at radius 2 is 2.00 bits per heavy atom. The summed E-state index contributed by atoms with van der Waals surface area (Å²) in [5, 5.41) is 7.62. The van der Waals surface area contributed by atoms with Gasteiger partial charge in [-0.1, -0.05) is 43.6 Å². The van der Waals surface area contributed by atoms with Gasteiger partial charge in [0, 0.05) is 6.54 Å². The molecule has 0 aliphatic heterocycles. The minimum atomic E-state index is -0.166. The van der Waals surface area contributed by atoms with E-state index in [0.717, 1.165) is 12.1 Å². The van der Waals surface area contributed by atoms with Crippen LogP contribution in [-0.2, 0) is 0 Å². The van der Waals surface area contributed by atoms with Crippen LogP contribution in [0.2, 0.25) is 5.15 Å². The molecule has 0 saturated heterocycles. The SMILES string of the molecule is Cc1nn(-c2ccccc2)c(Cl)c1C(=O)NCCC(C)C. The molecule has 0 unspecified atom stereocenters. The molecular formula is C16H20ClN3O. The van der Waals surface area contributed by atoms with E-state index in [0.29, 0.717) is 28.9 Å². The van der Waals surface area contributed by atoms with E-state index >= 15 is 0 Å². The third kappa shape index (κ3) is 3.64. The van der Waals surface area contributed by atoms with Gasteiger partial charge in [0.15, 0.2) is 0 Å². The molecule has 0 spiro atoms. The predicted octanol–water partition coefficient (Wildman–Crippen LogP) is 3.61. The number of aromatic nitrogens is 2. The fourth-order valence-corrected chi connectivity index (χ4v) is 2.42. The van der Waals surface area contributed by atoms with Gasteiger partial charge in [0.25, 0.3) is 5.91 Å². The molecule has 0 fully saturated rings. The number of nitrogens with one attached hydrogen (secondary N) is 1. The molecule has 21 heavy (non-hydrogen) atoms. The van der Waals surface area contributed by atoms with Crippen molar-refractivity contribution in [3.63, 3.8) is 0 Å². The summed E-state index contributed by atoms with van der Waals surface area (Å²) in [7, 11) is 0. The Kier molecular flexibility index (Phi) is 5.02. The molecule has 2 rings (SSSR count). The number of rotatable bonds is 5. The van der Waals surface area contributed by atoms with Crippen LogP contribution in [-0.4, -0.2) is 22.2 Å². The highest BCUT2D eigenvalue weighted by atomic mass is 35.5. The van der Waals surface area contributed by atoms with Crippen LogP contribution in [0.25, 0.3) is 5.69 Å². The van der Waals surface area contributed by atoms with Crippen molar-refractivity contribution in [2.24, 2.45) is 5.92 Å². The molecule has 0 saturated carbocycles. The molecule has 5 heteroatoms. The van der Waals surface area contributed by atoms with Crippen molar-refractivity contribution in [1.29, 1.82) is 0 Å². The third-order valence-electron chi connectivity index (χ3n) is 3.24. The van der Waals surface area contributed by atoms with Crippen LogP contribution in [0, 0.1) is 12.8 Å². The Morgan fingerprint density at radius 1 is 1.33 bits per heavy atom. The molecule has 1 heterocycles. The number of para-hydroxylation sites is 1. The molecule has 0 aliphatic carbocycles. The van der Waals surface area contributed by atoms with E-state index in [2.05, 4.69) is 24.3 Å². The number of carbonyl (C=O) groups excluding carboxylic acids is 1. The number of hydrogen-bond acceptors (Lipinski definition) is 2. The summed E-state index contributed by atoms with van der Waals surface area (Å²) in [5.41, 5.74) is 1.92. The van der Waals surface area contributed by atoms with E-state index in [1.807, 2.05) is 30.3 Å². The average Bonchev–Trinajstić information content (AvgIpc) is 2.74. The number of benzene rings is 1. The van der Waals surface area contributed by atoms with E-state index in [1.54, 1.807) is 11.6 Å². The highest BCUT2D eigenvalue weighted by Gasteiger charge is 2.20. The number of hydrogen-bond donors (Lipinski definition) is 1. The molecule has 112 valence electrons. The highest BCUT2D eigenvalue weighted by molar-refractivity contribution is 6.33. The second-order valence-corrected chi connectivity index (χ2v) is 5.80. The molecule has 1 amide bonds. The van der Waals surface area contributed by atoms with Crippen LogP contribution in [0.1, 0.15) is 36.3 Å². The Morgan fingerprint density at radius 3 is 2.62 bits per heavy atom. The molecular weight excluding hydrogens is 286 g/mol. The van der Waals surface area contributed by atoms with Crippen LogP contribution >= 0.6 is 11.6 Å². The van der Waals surface area contributed by atoms with Crippen molar-refractivity contribution >= 4 is 17.5 Å². The second kappa shape index (κ2) is 6.76. The lowest BCUT2D eigenvalue weighted by molar-refractivity contribution is 0.0951. The topological polar surface area (TPSA) is 46.9 Å². The first kappa shape index (κ1) is 15.6. The number of halogens is 1. The molecule has 4 nitrogen and oxygen atoms in total. The van der Waals surface area contributed by atoms with Crippen molar-refractivity contribution < 1.29 is 4.79 Å². The smallest absolute Gasteiger partial charge is 0.256 e. The number of carbonyl (C=O) groups is 1. The van der Waals surface area contributed by atoms with E-state index in [4.69, 9.17) is 11.6 Å². The fourth-order valence-electron chi connectivity index (χ4n) is 2.06. The van der Waals surface area contributed by atoms with Gasteiger partial charge in [0.1, 0.15) is 5.15 Å². The Balaban J connectivity index is 2.22. The minimum Gasteiger partial charge on any atom is -0.352 e. The quantitative estimate of drug-likeness (QED) is 0.917. The van der Waals surface area contributed by atoms with Crippen molar-refractivity contribution in [2.75, 3.05) is 6.54 Å². The summed E-state index contributed by atoms with van der Waals surface area (Å²) in [4.78, 5) is 12.3. The number of amides is 1. The van der Waals surface area contributed by atoms with Crippen molar-refractivity contribution in [2.45, 2.75) is 27.2 Å². The Hall–Kier alpha value is -1.81. The van der Waals surface area contributed by atoms with E-state index in [-0.39, 0.29) is 5.91 Å². The molecule has 0 atom stereocenters. The van der Waals surface area contributed by atoms with Gasteiger partial charge in [-0.3, -0.25) is 4.79 Å². The molecule has 1 aromatic carbocycles. The largest absolute Gasteiger partial charge is 0.352 e. The summed E-state index contributed by atoms with van der Waals surface area (Å²) in [6.07, 6.45) is 0.940. The van der Waals surface area contributed by atoms with Crippen LogP contribution in [0.15, 0.2) is 30.3 Å². The summed E-state index contributed by atoms with van der Waals surface area (Å²) in [6.45, 7) is 6.68. The average molecular weight is 306 g/mol. The third-order valence-corrected chi connectivity index (χ3v) is 3.59. The lowest BCUT2D eigenvalue weighted by Gasteiger charge is -2.07. The first-order valence-electron chi connectivity index (χ1n) is 7.09.